The van der Waals surface area contributed by atoms with Crippen molar-refractivity contribution in [2.45, 2.75) is 18.4 Å². The number of likely N-dealkylation sites (N-methyl/N-ethyl adjacent to an activating group) is 1. The lowest BCUT2D eigenvalue weighted by Crippen LogP contribution is -2.44. The summed E-state index contributed by atoms with van der Waals surface area (Å²) in [5, 5.41) is 11.5. The number of rotatable bonds is 6. The molecule has 29 heavy (non-hydrogen) atoms. The number of hydrogen-bond acceptors (Lipinski definition) is 4. The maximum absolute atomic E-state index is 12.6. The number of nitrogens with zero attached hydrogens (tertiary/aromatic N) is 1. The van der Waals surface area contributed by atoms with Crippen LogP contribution in [0.15, 0.2) is 66.0 Å². The zero-order valence-corrected chi connectivity index (χ0v) is 16.8. The Morgan fingerprint density at radius 3 is 2.21 bits per heavy atom. The summed E-state index contributed by atoms with van der Waals surface area (Å²) in [5.74, 6) is -1.10. The Bertz CT molecular complexity index is 985. The number of carboxylic acids is 1. The molecule has 1 aliphatic rings. The Morgan fingerprint density at radius 1 is 1.03 bits per heavy atom. The molecular formula is C23H21NO4S. The Kier molecular flexibility index (Phi) is 5.36. The second kappa shape index (κ2) is 8.09. The fourth-order valence-electron chi connectivity index (χ4n) is 3.83. The molecule has 1 atom stereocenters. The largest absolute Gasteiger partial charge is 0.480 e. The quantitative estimate of drug-likeness (QED) is 0.647. The maximum atomic E-state index is 12.6. The van der Waals surface area contributed by atoms with Crippen molar-refractivity contribution >= 4 is 23.4 Å². The topological polar surface area (TPSA) is 66.8 Å². The van der Waals surface area contributed by atoms with E-state index in [1.54, 1.807) is 0 Å². The Balaban J connectivity index is 1.48. The van der Waals surface area contributed by atoms with E-state index in [0.29, 0.717) is 0 Å². The molecule has 5 nitrogen and oxygen atoms in total. The van der Waals surface area contributed by atoms with Gasteiger partial charge in [-0.05, 0) is 33.7 Å². The molecule has 0 unspecified atom stereocenters. The molecule has 4 rings (SSSR count). The summed E-state index contributed by atoms with van der Waals surface area (Å²) >= 11 is 1.47. The average Bonchev–Trinajstić information content (AvgIpc) is 3.36. The number of carbonyl (C=O) groups excluding carboxylic acids is 1. The van der Waals surface area contributed by atoms with Gasteiger partial charge in [-0.25, -0.2) is 9.59 Å². The van der Waals surface area contributed by atoms with Gasteiger partial charge in [0.1, 0.15) is 12.6 Å². The highest BCUT2D eigenvalue weighted by Gasteiger charge is 2.32. The predicted molar refractivity (Wildman–Crippen MR) is 112 cm³/mol. The maximum Gasteiger partial charge on any atom is 0.410 e. The fourth-order valence-corrected chi connectivity index (χ4v) is 4.58. The first-order valence-corrected chi connectivity index (χ1v) is 10.3. The second-order valence-electron chi connectivity index (χ2n) is 7.05. The Hall–Kier alpha value is -3.12. The number of aliphatic carboxylic acids is 1. The zero-order chi connectivity index (χ0) is 20.4. The average molecular weight is 407 g/mol. The van der Waals surface area contributed by atoms with Crippen LogP contribution in [0.2, 0.25) is 0 Å². The lowest BCUT2D eigenvalue weighted by Gasteiger charge is -2.25. The molecule has 1 N–H and O–H groups in total. The molecule has 0 bridgehead atoms. The summed E-state index contributed by atoms with van der Waals surface area (Å²) in [6.07, 6.45) is -0.371. The number of carbonyl (C=O) groups is 2. The van der Waals surface area contributed by atoms with Crippen LogP contribution in [-0.4, -0.2) is 41.8 Å². The van der Waals surface area contributed by atoms with Crippen LogP contribution in [0, 0.1) is 0 Å². The zero-order valence-electron chi connectivity index (χ0n) is 15.9. The summed E-state index contributed by atoms with van der Waals surface area (Å²) in [6.45, 7) is 0.169. The van der Waals surface area contributed by atoms with E-state index < -0.39 is 18.1 Å². The van der Waals surface area contributed by atoms with Crippen LogP contribution < -0.4 is 0 Å². The molecule has 6 heteroatoms. The molecule has 148 valence electrons. The molecule has 0 spiro atoms. The highest BCUT2D eigenvalue weighted by molar-refractivity contribution is 7.09. The fraction of sp³-hybridized carbons (Fsp3) is 0.217. The molecule has 1 aromatic heterocycles. The van der Waals surface area contributed by atoms with Gasteiger partial charge in [0.05, 0.1) is 0 Å². The lowest BCUT2D eigenvalue weighted by molar-refractivity contribution is -0.142. The van der Waals surface area contributed by atoms with Crippen molar-refractivity contribution in [2.24, 2.45) is 0 Å². The molecular weight excluding hydrogens is 386 g/mol. The van der Waals surface area contributed by atoms with Gasteiger partial charge < -0.3 is 9.84 Å². The van der Waals surface area contributed by atoms with Crippen molar-refractivity contribution in [1.29, 1.82) is 0 Å². The van der Waals surface area contributed by atoms with Crippen LogP contribution in [0.1, 0.15) is 21.9 Å². The van der Waals surface area contributed by atoms with Crippen molar-refractivity contribution in [2.75, 3.05) is 13.7 Å². The van der Waals surface area contributed by atoms with Crippen LogP contribution in [0.5, 0.6) is 0 Å². The molecule has 3 aromatic rings. The third-order valence-electron chi connectivity index (χ3n) is 5.35. The molecule has 1 amide bonds. The van der Waals surface area contributed by atoms with Crippen LogP contribution in [0.4, 0.5) is 4.79 Å². The van der Waals surface area contributed by atoms with Crippen molar-refractivity contribution in [3.8, 4) is 11.1 Å². The first-order chi connectivity index (χ1) is 14.1. The lowest BCUT2D eigenvalue weighted by atomic mass is 9.98. The Labute approximate surface area is 173 Å². The van der Waals surface area contributed by atoms with E-state index >= 15 is 0 Å². The molecule has 0 saturated heterocycles. The monoisotopic (exact) mass is 407 g/mol. The van der Waals surface area contributed by atoms with Gasteiger partial charge in [-0.3, -0.25) is 4.90 Å². The second-order valence-corrected chi connectivity index (χ2v) is 8.08. The van der Waals surface area contributed by atoms with Gasteiger partial charge in [0.15, 0.2) is 0 Å². The summed E-state index contributed by atoms with van der Waals surface area (Å²) in [6, 6.07) is 19.0. The van der Waals surface area contributed by atoms with Crippen LogP contribution in [0.3, 0.4) is 0 Å². The van der Waals surface area contributed by atoms with Gasteiger partial charge in [-0.1, -0.05) is 54.6 Å². The molecule has 0 fully saturated rings. The third-order valence-corrected chi connectivity index (χ3v) is 6.25. The number of fused-ring (bicyclic) bond motifs is 3. The molecule has 0 saturated carbocycles. The molecule has 1 heterocycles. The summed E-state index contributed by atoms with van der Waals surface area (Å²) in [5.41, 5.74) is 4.55. The molecule has 0 radical (unpaired) electrons. The van der Waals surface area contributed by atoms with Gasteiger partial charge in [-0.15, -0.1) is 11.3 Å². The van der Waals surface area contributed by atoms with Crippen molar-refractivity contribution in [3.63, 3.8) is 0 Å². The smallest absolute Gasteiger partial charge is 0.410 e. The number of thiophene rings is 1. The SMILES string of the molecule is CN(C(=O)OCC1c2ccccc2-c2ccccc21)[C@@H](Cc1cccs1)C(=O)O. The van der Waals surface area contributed by atoms with Gasteiger partial charge in [0.25, 0.3) is 0 Å². The summed E-state index contributed by atoms with van der Waals surface area (Å²) in [4.78, 5) is 26.4. The van der Waals surface area contributed by atoms with Gasteiger partial charge in [-0.2, -0.15) is 0 Å². The predicted octanol–water partition coefficient (Wildman–Crippen LogP) is 4.62. The summed E-state index contributed by atoms with van der Waals surface area (Å²) < 4.78 is 5.58. The minimum atomic E-state index is -1.05. The van der Waals surface area contributed by atoms with Crippen molar-refractivity contribution in [1.82, 2.24) is 4.90 Å². The standard InChI is InChI=1S/C23H21NO4S/c1-24(21(22(25)26)13-15-7-6-12-29-15)23(27)28-14-20-18-10-4-2-8-16(18)17-9-3-5-11-19(17)20/h2-12,20-21H,13-14H2,1H3,(H,25,26)/t21-/m0/s1. The number of ether oxygens (including phenoxy) is 1. The Morgan fingerprint density at radius 2 is 1.66 bits per heavy atom. The highest BCUT2D eigenvalue weighted by Crippen LogP contribution is 2.44. The van der Waals surface area contributed by atoms with Gasteiger partial charge >= 0.3 is 12.1 Å². The minimum absolute atomic E-state index is 0.0553. The van der Waals surface area contributed by atoms with E-state index in [-0.39, 0.29) is 18.9 Å². The summed E-state index contributed by atoms with van der Waals surface area (Å²) in [7, 11) is 1.48. The normalized spacial score (nSPS) is 13.4. The number of carboxylic acid groups (broad SMARTS) is 1. The van der Waals surface area contributed by atoms with E-state index in [1.165, 1.54) is 23.3 Å². The molecule has 1 aliphatic carbocycles. The van der Waals surface area contributed by atoms with Crippen LogP contribution in [-0.2, 0) is 16.0 Å². The first kappa shape index (κ1) is 19.2. The van der Waals surface area contributed by atoms with Gasteiger partial charge in [0.2, 0.25) is 0 Å². The van der Waals surface area contributed by atoms with E-state index in [0.717, 1.165) is 27.1 Å². The van der Waals surface area contributed by atoms with Gasteiger partial charge in [0, 0.05) is 24.3 Å². The number of hydrogen-bond donors (Lipinski definition) is 1. The van der Waals surface area contributed by atoms with E-state index in [4.69, 9.17) is 4.74 Å². The van der Waals surface area contributed by atoms with E-state index in [9.17, 15) is 14.7 Å². The molecule has 0 aliphatic heterocycles. The number of amides is 1. The minimum Gasteiger partial charge on any atom is -0.480 e. The van der Waals surface area contributed by atoms with Crippen LogP contribution in [0.25, 0.3) is 11.1 Å². The number of benzene rings is 2. The molecule has 2 aromatic carbocycles. The van der Waals surface area contributed by atoms with Crippen molar-refractivity contribution < 1.29 is 19.4 Å². The van der Waals surface area contributed by atoms with Crippen LogP contribution >= 0.6 is 11.3 Å². The van der Waals surface area contributed by atoms with E-state index in [1.807, 2.05) is 53.9 Å². The van der Waals surface area contributed by atoms with Crippen molar-refractivity contribution in [3.05, 3.63) is 82.0 Å². The third kappa shape index (κ3) is 3.76. The first-order valence-electron chi connectivity index (χ1n) is 9.39. The highest BCUT2D eigenvalue weighted by atomic mass is 32.1. The van der Waals surface area contributed by atoms with E-state index in [2.05, 4.69) is 12.1 Å².